The van der Waals surface area contributed by atoms with E-state index in [9.17, 15) is 0 Å². The van der Waals surface area contributed by atoms with Crippen LogP contribution in [0.1, 0.15) is 12.8 Å². The van der Waals surface area contributed by atoms with Gasteiger partial charge >= 0.3 is 0 Å². The summed E-state index contributed by atoms with van der Waals surface area (Å²) in [5, 5.41) is 3.24. The minimum atomic E-state index is 0.394. The van der Waals surface area contributed by atoms with Crippen LogP contribution in [0.3, 0.4) is 0 Å². The van der Waals surface area contributed by atoms with Gasteiger partial charge < -0.3 is 10.3 Å². The fourth-order valence-corrected chi connectivity index (χ4v) is 4.00. The van der Waals surface area contributed by atoms with Crippen molar-refractivity contribution < 1.29 is 0 Å². The Kier molecular flexibility index (Phi) is 4.46. The van der Waals surface area contributed by atoms with E-state index in [2.05, 4.69) is 50.8 Å². The molecule has 0 fully saturated rings. The minimum absolute atomic E-state index is 0.394. The van der Waals surface area contributed by atoms with Crippen molar-refractivity contribution >= 4 is 39.5 Å². The summed E-state index contributed by atoms with van der Waals surface area (Å²) >= 11 is 1.61. The molecule has 0 saturated heterocycles. The summed E-state index contributed by atoms with van der Waals surface area (Å²) in [7, 11) is 0. The van der Waals surface area contributed by atoms with Gasteiger partial charge in [0.05, 0.1) is 0 Å². The van der Waals surface area contributed by atoms with Crippen molar-refractivity contribution in [2.75, 3.05) is 5.73 Å². The second-order valence-corrected chi connectivity index (χ2v) is 6.87. The second-order valence-electron chi connectivity index (χ2n) is 5.86. The van der Waals surface area contributed by atoms with Gasteiger partial charge in [-0.15, -0.1) is 12.3 Å². The van der Waals surface area contributed by atoms with Crippen LogP contribution in [0.5, 0.6) is 0 Å². The van der Waals surface area contributed by atoms with Crippen LogP contribution in [0.15, 0.2) is 58.8 Å². The number of nitrogen functional groups attached to an aromatic ring is 1. The molecule has 0 saturated carbocycles. The molecule has 0 aliphatic heterocycles. The van der Waals surface area contributed by atoms with E-state index >= 15 is 0 Å². The summed E-state index contributed by atoms with van der Waals surface area (Å²) in [4.78, 5) is 14.3. The number of unbranched alkanes of at least 4 members (excludes halogenated alkanes) is 1. The number of hydrogen-bond acceptors (Lipinski definition) is 5. The number of nitrogens with two attached hydrogens (primary N) is 1. The van der Waals surface area contributed by atoms with E-state index in [-0.39, 0.29) is 0 Å². The summed E-state index contributed by atoms with van der Waals surface area (Å²) in [5.41, 5.74) is 7.39. The lowest BCUT2D eigenvalue weighted by atomic mass is 10.1. The van der Waals surface area contributed by atoms with E-state index in [1.54, 1.807) is 11.8 Å². The van der Waals surface area contributed by atoms with Gasteiger partial charge in [0.15, 0.2) is 22.1 Å². The molecular weight excluding hydrogens is 342 g/mol. The fourth-order valence-electron chi connectivity index (χ4n) is 2.94. The summed E-state index contributed by atoms with van der Waals surface area (Å²) < 4.78 is 2.08. The molecule has 2 N–H and O–H groups in total. The van der Waals surface area contributed by atoms with Crippen LogP contribution < -0.4 is 5.73 Å². The molecule has 0 radical (unpaired) electrons. The van der Waals surface area contributed by atoms with E-state index in [4.69, 9.17) is 17.1 Å². The van der Waals surface area contributed by atoms with Crippen LogP contribution in [0, 0.1) is 12.3 Å². The zero-order chi connectivity index (χ0) is 17.9. The molecule has 2 heterocycles. The Bertz CT molecular complexity index is 1120. The van der Waals surface area contributed by atoms with Crippen LogP contribution in [-0.2, 0) is 6.54 Å². The van der Waals surface area contributed by atoms with Crippen LogP contribution in [0.4, 0.5) is 5.82 Å². The summed E-state index contributed by atoms with van der Waals surface area (Å²) in [6.07, 6.45) is 8.44. The average Bonchev–Trinajstić information content (AvgIpc) is 3.01. The molecule has 6 heteroatoms. The monoisotopic (exact) mass is 359 g/mol. The van der Waals surface area contributed by atoms with Crippen LogP contribution in [0.2, 0.25) is 0 Å². The SMILES string of the molecule is C#CCCCn1c(Sc2cccc3ccccc23)nc2c(N)ncnc21. The highest BCUT2D eigenvalue weighted by Crippen LogP contribution is 2.35. The Hall–Kier alpha value is -3.04. The lowest BCUT2D eigenvalue weighted by Gasteiger charge is -2.09. The summed E-state index contributed by atoms with van der Waals surface area (Å²) in [6.45, 7) is 0.740. The molecule has 0 aliphatic carbocycles. The predicted molar refractivity (Wildman–Crippen MR) is 106 cm³/mol. The quantitative estimate of drug-likeness (QED) is 0.429. The molecule has 4 rings (SSSR count). The number of anilines is 1. The Morgan fingerprint density at radius 1 is 1.12 bits per heavy atom. The maximum absolute atomic E-state index is 6.01. The second kappa shape index (κ2) is 7.06. The summed E-state index contributed by atoms with van der Waals surface area (Å²) in [5.74, 6) is 3.08. The van der Waals surface area contributed by atoms with E-state index < -0.39 is 0 Å². The Labute approximate surface area is 155 Å². The van der Waals surface area contributed by atoms with Crippen molar-refractivity contribution in [1.29, 1.82) is 0 Å². The number of imidazole rings is 1. The van der Waals surface area contributed by atoms with Gasteiger partial charge in [-0.1, -0.05) is 48.2 Å². The van der Waals surface area contributed by atoms with Crippen LogP contribution in [0.25, 0.3) is 21.9 Å². The molecule has 0 bridgehead atoms. The highest BCUT2D eigenvalue weighted by atomic mass is 32.2. The predicted octanol–water partition coefficient (Wildman–Crippen LogP) is 4.13. The Morgan fingerprint density at radius 3 is 2.85 bits per heavy atom. The zero-order valence-corrected chi connectivity index (χ0v) is 14.9. The van der Waals surface area contributed by atoms with Crippen LogP contribution >= 0.6 is 11.8 Å². The lowest BCUT2D eigenvalue weighted by Crippen LogP contribution is -2.01. The van der Waals surface area contributed by atoms with E-state index in [0.717, 1.165) is 28.7 Å². The Balaban J connectivity index is 1.81. The normalized spacial score (nSPS) is 11.0. The number of hydrogen-bond donors (Lipinski definition) is 1. The molecule has 26 heavy (non-hydrogen) atoms. The highest BCUT2D eigenvalue weighted by molar-refractivity contribution is 7.99. The van der Waals surface area contributed by atoms with Crippen molar-refractivity contribution in [2.24, 2.45) is 0 Å². The van der Waals surface area contributed by atoms with Crippen molar-refractivity contribution in [3.05, 3.63) is 48.8 Å². The van der Waals surface area contributed by atoms with Gasteiger partial charge in [0.25, 0.3) is 0 Å². The Morgan fingerprint density at radius 2 is 1.96 bits per heavy atom. The molecule has 0 aliphatic rings. The number of aromatic nitrogens is 4. The van der Waals surface area contributed by atoms with Gasteiger partial charge in [-0.3, -0.25) is 0 Å². The molecule has 2 aromatic heterocycles. The number of benzene rings is 2. The zero-order valence-electron chi connectivity index (χ0n) is 14.1. The molecule has 2 aromatic carbocycles. The maximum Gasteiger partial charge on any atom is 0.175 e. The fraction of sp³-hybridized carbons (Fsp3) is 0.150. The van der Waals surface area contributed by atoms with Gasteiger partial charge in [0.2, 0.25) is 0 Å². The molecule has 5 nitrogen and oxygen atoms in total. The molecule has 4 aromatic rings. The topological polar surface area (TPSA) is 69.6 Å². The largest absolute Gasteiger partial charge is 0.382 e. The van der Waals surface area contributed by atoms with Crippen molar-refractivity contribution in [3.8, 4) is 12.3 Å². The number of fused-ring (bicyclic) bond motifs is 2. The molecule has 0 unspecified atom stereocenters. The lowest BCUT2D eigenvalue weighted by molar-refractivity contribution is 0.615. The summed E-state index contributed by atoms with van der Waals surface area (Å²) in [6, 6.07) is 14.6. The first-order chi connectivity index (χ1) is 12.8. The van der Waals surface area contributed by atoms with Crippen molar-refractivity contribution in [2.45, 2.75) is 29.4 Å². The first-order valence-corrected chi connectivity index (χ1v) is 9.15. The van der Waals surface area contributed by atoms with Gasteiger partial charge in [-0.2, -0.15) is 0 Å². The van der Waals surface area contributed by atoms with Gasteiger partial charge in [-0.05, 0) is 23.3 Å². The minimum Gasteiger partial charge on any atom is -0.382 e. The third kappa shape index (κ3) is 2.98. The molecule has 128 valence electrons. The van der Waals surface area contributed by atoms with E-state index in [1.165, 1.54) is 17.1 Å². The third-order valence-electron chi connectivity index (χ3n) is 4.18. The number of rotatable bonds is 5. The molecule has 0 spiro atoms. The van der Waals surface area contributed by atoms with Crippen LogP contribution in [-0.4, -0.2) is 19.5 Å². The van der Waals surface area contributed by atoms with Crippen molar-refractivity contribution in [3.63, 3.8) is 0 Å². The highest BCUT2D eigenvalue weighted by Gasteiger charge is 2.16. The van der Waals surface area contributed by atoms with E-state index in [0.29, 0.717) is 17.8 Å². The van der Waals surface area contributed by atoms with E-state index in [1.807, 2.05) is 12.1 Å². The standard InChI is InChI=1S/C20H17N5S/c1-2-3-6-12-25-19-17(18(21)22-13-23-19)24-20(25)26-16-11-7-9-14-8-4-5-10-15(14)16/h1,4-5,7-11,13H,3,6,12H2,(H2,21,22,23). The number of terminal acetylenes is 1. The van der Waals surface area contributed by atoms with Gasteiger partial charge in [0.1, 0.15) is 6.33 Å². The first kappa shape index (κ1) is 16.4. The smallest absolute Gasteiger partial charge is 0.175 e. The first-order valence-electron chi connectivity index (χ1n) is 8.33. The molecule has 0 amide bonds. The van der Waals surface area contributed by atoms with Gasteiger partial charge in [-0.25, -0.2) is 15.0 Å². The third-order valence-corrected chi connectivity index (χ3v) is 5.25. The number of nitrogens with zero attached hydrogens (tertiary/aromatic N) is 4. The van der Waals surface area contributed by atoms with Gasteiger partial charge in [0, 0.05) is 17.9 Å². The molecular formula is C20H17N5S. The maximum atomic E-state index is 6.01. The number of aryl methyl sites for hydroxylation is 1. The molecule has 0 atom stereocenters. The van der Waals surface area contributed by atoms with Crippen molar-refractivity contribution in [1.82, 2.24) is 19.5 Å². The average molecular weight is 359 g/mol.